The van der Waals surface area contributed by atoms with Crippen LogP contribution in [0.5, 0.6) is 11.5 Å². The lowest BCUT2D eigenvalue weighted by Crippen LogP contribution is -2.57. The van der Waals surface area contributed by atoms with Gasteiger partial charge < -0.3 is 29.2 Å². The number of aryl methyl sites for hydroxylation is 1. The minimum absolute atomic E-state index is 0.00138. The van der Waals surface area contributed by atoms with Crippen LogP contribution in [0.15, 0.2) is 30.4 Å². The number of amides is 3. The standard InChI is InChI=1S/C43H56N4O10S/c1-26(2)36-37-31(32-19-30(54-4)12-13-33(32)44-36)14-15-42(57-37)21-34-38(49)45-43(40(51)46-58(52,53)41(3)16-17-41)20-29(43)11-9-7-5-6-8-10-28(39(50)47(34)25-42)18-35(48)56-24-27-22-55-23-27/h9,11-13,19,26-29,34H,5-8,10,14-18,20-25H2,1-4H3,(H,45,49)(H,46,51)/b11-9-/t28-,29-,34+,42-,43-/m1/s1. The van der Waals surface area contributed by atoms with E-state index < -0.39 is 61.6 Å². The number of hydrogen-bond donors (Lipinski definition) is 2. The fourth-order valence-corrected chi connectivity index (χ4v) is 10.3. The first-order chi connectivity index (χ1) is 27.7. The van der Waals surface area contributed by atoms with Crippen molar-refractivity contribution in [2.45, 2.75) is 126 Å². The highest BCUT2D eigenvalue weighted by Crippen LogP contribution is 2.50. The number of carbonyl (C=O) groups excluding carboxylic acids is 4. The van der Waals surface area contributed by atoms with Gasteiger partial charge in [0.15, 0.2) is 0 Å². The van der Waals surface area contributed by atoms with Gasteiger partial charge in [-0.15, -0.1) is 0 Å². The number of carbonyl (C=O) groups is 4. The van der Waals surface area contributed by atoms with Crippen LogP contribution in [0.4, 0.5) is 0 Å². The van der Waals surface area contributed by atoms with Crippen molar-refractivity contribution in [3.63, 3.8) is 0 Å². The molecule has 2 saturated heterocycles. The average molecular weight is 821 g/mol. The zero-order valence-electron chi connectivity index (χ0n) is 34.0. The van der Waals surface area contributed by atoms with Gasteiger partial charge in [0.1, 0.15) is 28.7 Å². The van der Waals surface area contributed by atoms with Crippen molar-refractivity contribution in [1.82, 2.24) is 19.9 Å². The Bertz CT molecular complexity index is 2130. The summed E-state index contributed by atoms with van der Waals surface area (Å²) in [6.45, 7) is 7.08. The lowest BCUT2D eigenvalue weighted by Gasteiger charge is -2.37. The van der Waals surface area contributed by atoms with Crippen LogP contribution in [0, 0.1) is 17.8 Å². The lowest BCUT2D eigenvalue weighted by molar-refractivity contribution is -0.155. The molecule has 6 aliphatic rings. The van der Waals surface area contributed by atoms with E-state index in [-0.39, 0.29) is 50.2 Å². The summed E-state index contributed by atoms with van der Waals surface area (Å²) in [5.74, 6) is -1.84. The number of ether oxygens (including phenoxy) is 4. The zero-order valence-corrected chi connectivity index (χ0v) is 34.8. The number of hydrogen-bond acceptors (Lipinski definition) is 11. The normalized spacial score (nSPS) is 30.1. The largest absolute Gasteiger partial charge is 0.497 e. The highest BCUT2D eigenvalue weighted by atomic mass is 32.2. The molecule has 2 N–H and O–H groups in total. The molecule has 1 spiro atoms. The van der Waals surface area contributed by atoms with Crippen molar-refractivity contribution in [3.8, 4) is 11.5 Å². The highest BCUT2D eigenvalue weighted by Gasteiger charge is 2.64. The zero-order chi connectivity index (χ0) is 41.0. The van der Waals surface area contributed by atoms with Crippen molar-refractivity contribution < 1.29 is 46.5 Å². The molecule has 0 bridgehead atoms. The molecule has 4 fully saturated rings. The number of pyridine rings is 1. The minimum Gasteiger partial charge on any atom is -0.497 e. The molecule has 2 aromatic rings. The first kappa shape index (κ1) is 40.5. The monoisotopic (exact) mass is 820 g/mol. The Labute approximate surface area is 340 Å². The minimum atomic E-state index is -3.99. The molecule has 5 heterocycles. The SMILES string of the molecule is COc1ccc2nc(C(C)C)c3c(c2c1)CC[C@]1(C[C@H]2C(=O)N[C@]4(C(=O)NS(=O)(=O)C5(C)CC5)C[C@H]4/C=C\CCCCC[C@H](CC(=O)OCC4COC4)C(=O)N2C1)O3. The van der Waals surface area contributed by atoms with Gasteiger partial charge in [0, 0.05) is 35.1 Å². The second-order valence-corrected chi connectivity index (χ2v) is 20.2. The predicted octanol–water partition coefficient (Wildman–Crippen LogP) is 4.62. The Morgan fingerprint density at radius 1 is 1.10 bits per heavy atom. The molecule has 1 aromatic carbocycles. The summed E-state index contributed by atoms with van der Waals surface area (Å²) < 4.78 is 51.3. The number of fused-ring (bicyclic) bond motifs is 5. The van der Waals surface area contributed by atoms with Crippen molar-refractivity contribution in [2.24, 2.45) is 17.8 Å². The van der Waals surface area contributed by atoms with Gasteiger partial charge in [-0.2, -0.15) is 0 Å². The first-order valence-electron chi connectivity index (χ1n) is 21.0. The van der Waals surface area contributed by atoms with E-state index >= 15 is 0 Å². The number of esters is 1. The topological polar surface area (TPSA) is 180 Å². The number of nitrogens with one attached hydrogen (secondary N) is 2. The molecule has 3 amide bonds. The van der Waals surface area contributed by atoms with Crippen molar-refractivity contribution >= 4 is 44.6 Å². The quantitative estimate of drug-likeness (QED) is 0.266. The molecule has 4 aliphatic heterocycles. The van der Waals surface area contributed by atoms with Crippen LogP contribution in [0.1, 0.15) is 109 Å². The molecule has 2 saturated carbocycles. The molecule has 314 valence electrons. The Balaban J connectivity index is 1.14. The van der Waals surface area contributed by atoms with Gasteiger partial charge in [0.25, 0.3) is 5.91 Å². The van der Waals surface area contributed by atoms with Gasteiger partial charge in [-0.25, -0.2) is 13.4 Å². The van der Waals surface area contributed by atoms with Crippen molar-refractivity contribution in [3.05, 3.63) is 41.6 Å². The third-order valence-corrected chi connectivity index (χ3v) is 15.5. The molecular weight excluding hydrogens is 765 g/mol. The van der Waals surface area contributed by atoms with E-state index in [1.807, 2.05) is 30.4 Å². The maximum absolute atomic E-state index is 14.9. The highest BCUT2D eigenvalue weighted by molar-refractivity contribution is 7.91. The van der Waals surface area contributed by atoms with Gasteiger partial charge in [-0.1, -0.05) is 38.8 Å². The Morgan fingerprint density at radius 2 is 1.90 bits per heavy atom. The molecule has 0 radical (unpaired) electrons. The van der Waals surface area contributed by atoms with Crippen LogP contribution in [-0.2, 0) is 45.1 Å². The van der Waals surface area contributed by atoms with Crippen LogP contribution in [0.25, 0.3) is 10.9 Å². The second-order valence-electron chi connectivity index (χ2n) is 18.0. The molecule has 15 heteroatoms. The number of sulfonamides is 1. The first-order valence-corrected chi connectivity index (χ1v) is 22.4. The summed E-state index contributed by atoms with van der Waals surface area (Å²) in [5.41, 5.74) is 0.108. The molecule has 1 aromatic heterocycles. The number of methoxy groups -OCH3 is 1. The fourth-order valence-electron chi connectivity index (χ4n) is 9.04. The van der Waals surface area contributed by atoms with Crippen molar-refractivity contribution in [1.29, 1.82) is 0 Å². The van der Waals surface area contributed by atoms with E-state index in [0.717, 1.165) is 35.0 Å². The van der Waals surface area contributed by atoms with Gasteiger partial charge in [0.2, 0.25) is 21.8 Å². The van der Waals surface area contributed by atoms with E-state index in [2.05, 4.69) is 23.9 Å². The van der Waals surface area contributed by atoms with Gasteiger partial charge in [-0.3, -0.25) is 23.9 Å². The molecule has 8 rings (SSSR count). The summed E-state index contributed by atoms with van der Waals surface area (Å²) >= 11 is 0. The van der Waals surface area contributed by atoms with Gasteiger partial charge >= 0.3 is 5.97 Å². The van der Waals surface area contributed by atoms with Gasteiger partial charge in [0.05, 0.1) is 55.9 Å². The summed E-state index contributed by atoms with van der Waals surface area (Å²) in [6, 6.07) is 4.71. The number of rotatable bonds is 9. The van der Waals surface area contributed by atoms with Crippen molar-refractivity contribution in [2.75, 3.05) is 33.5 Å². The molecule has 5 atom stereocenters. The molecule has 2 aliphatic carbocycles. The average Bonchev–Trinajstić information content (AvgIpc) is 4.06. The van der Waals surface area contributed by atoms with E-state index in [1.54, 1.807) is 18.9 Å². The van der Waals surface area contributed by atoms with E-state index in [9.17, 15) is 27.6 Å². The van der Waals surface area contributed by atoms with Crippen LogP contribution in [0.2, 0.25) is 0 Å². The maximum Gasteiger partial charge on any atom is 0.306 e. The number of nitrogens with zero attached hydrogens (tertiary/aromatic N) is 2. The maximum atomic E-state index is 14.9. The number of aromatic nitrogens is 1. The molecule has 14 nitrogen and oxygen atoms in total. The van der Waals surface area contributed by atoms with E-state index in [0.29, 0.717) is 69.7 Å². The Morgan fingerprint density at radius 3 is 2.60 bits per heavy atom. The van der Waals surface area contributed by atoms with Crippen LogP contribution in [0.3, 0.4) is 0 Å². The van der Waals surface area contributed by atoms with Crippen LogP contribution >= 0.6 is 0 Å². The summed E-state index contributed by atoms with van der Waals surface area (Å²) in [7, 11) is -2.37. The Kier molecular flexibility index (Phi) is 10.8. The van der Waals surface area contributed by atoms with E-state index in [4.69, 9.17) is 23.9 Å². The summed E-state index contributed by atoms with van der Waals surface area (Å²) in [5, 5.41) is 3.90. The summed E-state index contributed by atoms with van der Waals surface area (Å²) in [6.07, 6.45) is 9.57. The Hall–Kier alpha value is -4.24. The third kappa shape index (κ3) is 7.68. The van der Waals surface area contributed by atoms with Gasteiger partial charge in [-0.05, 0) is 82.4 Å². The molecule has 58 heavy (non-hydrogen) atoms. The van der Waals surface area contributed by atoms with E-state index in [1.165, 1.54) is 0 Å². The lowest BCUT2D eigenvalue weighted by atomic mass is 9.86. The predicted molar refractivity (Wildman–Crippen MR) is 213 cm³/mol. The molecule has 0 unspecified atom stereocenters. The smallest absolute Gasteiger partial charge is 0.306 e. The summed E-state index contributed by atoms with van der Waals surface area (Å²) in [4.78, 5) is 63.6. The van der Waals surface area contributed by atoms with Crippen LogP contribution < -0.4 is 19.5 Å². The van der Waals surface area contributed by atoms with Crippen LogP contribution in [-0.4, -0.2) is 97.4 Å². The number of allylic oxidation sites excluding steroid dienone is 1. The fraction of sp³-hybridized carbons (Fsp3) is 0.651. The second kappa shape index (κ2) is 15.4. The third-order valence-electron chi connectivity index (χ3n) is 13.3. The number of benzene rings is 1. The molecular formula is C43H56N4O10S.